The van der Waals surface area contributed by atoms with Crippen LogP contribution in [0.15, 0.2) is 12.1 Å². The Hall–Kier alpha value is -1.02. The maximum Gasteiger partial charge on any atom is 0.122 e. The van der Waals surface area contributed by atoms with Gasteiger partial charge < -0.3 is 9.84 Å². The zero-order valence-electron chi connectivity index (χ0n) is 12.7. The zero-order chi connectivity index (χ0) is 14.1. The van der Waals surface area contributed by atoms with Crippen LogP contribution in [0.5, 0.6) is 5.75 Å². The predicted molar refractivity (Wildman–Crippen MR) is 76.3 cm³/mol. The summed E-state index contributed by atoms with van der Waals surface area (Å²) in [4.78, 5) is 0. The van der Waals surface area contributed by atoms with Crippen molar-refractivity contribution in [1.29, 1.82) is 0 Å². The number of aliphatic hydroxyl groups is 1. The molecule has 0 saturated heterocycles. The minimum Gasteiger partial charge on any atom is -0.496 e. The van der Waals surface area contributed by atoms with Gasteiger partial charge in [0.15, 0.2) is 0 Å². The van der Waals surface area contributed by atoms with Crippen molar-refractivity contribution in [1.82, 2.24) is 0 Å². The molecule has 0 radical (unpaired) electrons. The van der Waals surface area contributed by atoms with Crippen LogP contribution < -0.4 is 4.74 Å². The van der Waals surface area contributed by atoms with Crippen molar-refractivity contribution in [2.24, 2.45) is 0 Å². The normalized spacial score (nSPS) is 12.7. The highest BCUT2D eigenvalue weighted by molar-refractivity contribution is 5.48. The molecule has 1 aromatic rings. The van der Waals surface area contributed by atoms with E-state index in [0.29, 0.717) is 0 Å². The van der Waals surface area contributed by atoms with Crippen molar-refractivity contribution < 1.29 is 9.84 Å². The molecule has 1 N–H and O–H groups in total. The van der Waals surface area contributed by atoms with Crippen molar-refractivity contribution in [3.8, 4) is 5.75 Å². The van der Waals surface area contributed by atoms with E-state index in [-0.39, 0.29) is 17.4 Å². The number of aliphatic hydroxyl groups excluding tert-OH is 1. The van der Waals surface area contributed by atoms with Crippen molar-refractivity contribution in [2.45, 2.75) is 59.0 Å². The van der Waals surface area contributed by atoms with E-state index in [1.54, 1.807) is 7.11 Å². The molecule has 2 heteroatoms. The first-order chi connectivity index (χ1) is 8.11. The molecule has 0 aliphatic rings. The van der Waals surface area contributed by atoms with Crippen molar-refractivity contribution in [2.75, 3.05) is 7.11 Å². The number of rotatable bonds is 2. The second kappa shape index (κ2) is 4.93. The van der Waals surface area contributed by atoms with Gasteiger partial charge in [0.05, 0.1) is 13.7 Å². The lowest BCUT2D eigenvalue weighted by Gasteiger charge is -2.28. The van der Waals surface area contributed by atoms with Gasteiger partial charge in [0.1, 0.15) is 5.75 Å². The highest BCUT2D eigenvalue weighted by Gasteiger charge is 2.25. The summed E-state index contributed by atoms with van der Waals surface area (Å²) in [5.41, 5.74) is 3.29. The third-order valence-corrected chi connectivity index (χ3v) is 3.21. The Labute approximate surface area is 111 Å². The standard InChI is InChI=1S/C16H26O2/c1-15(2,3)12-9-14(18-7)13(16(4,5)6)8-11(12)10-17/h8-9,17H,10H2,1-7H3. The Morgan fingerprint density at radius 1 is 0.944 bits per heavy atom. The first kappa shape index (κ1) is 15.0. The molecule has 1 aromatic carbocycles. The lowest BCUT2D eigenvalue weighted by molar-refractivity contribution is 0.277. The summed E-state index contributed by atoms with van der Waals surface area (Å²) in [6, 6.07) is 4.16. The van der Waals surface area contributed by atoms with E-state index in [4.69, 9.17) is 4.74 Å². The fourth-order valence-corrected chi connectivity index (χ4v) is 2.21. The van der Waals surface area contributed by atoms with E-state index in [2.05, 4.69) is 53.7 Å². The van der Waals surface area contributed by atoms with Crippen LogP contribution in [0.1, 0.15) is 58.2 Å². The molecule has 1 rings (SSSR count). The zero-order valence-corrected chi connectivity index (χ0v) is 12.7. The third-order valence-electron chi connectivity index (χ3n) is 3.21. The van der Waals surface area contributed by atoms with Crippen molar-refractivity contribution >= 4 is 0 Å². The molecular weight excluding hydrogens is 224 g/mol. The van der Waals surface area contributed by atoms with Crippen molar-refractivity contribution in [3.05, 3.63) is 28.8 Å². The summed E-state index contributed by atoms with van der Waals surface area (Å²) in [6.07, 6.45) is 0. The number of methoxy groups -OCH3 is 1. The largest absolute Gasteiger partial charge is 0.496 e. The van der Waals surface area contributed by atoms with E-state index in [0.717, 1.165) is 22.4 Å². The lowest BCUT2D eigenvalue weighted by atomic mass is 9.79. The Morgan fingerprint density at radius 3 is 1.78 bits per heavy atom. The number of hydrogen-bond donors (Lipinski definition) is 1. The van der Waals surface area contributed by atoms with E-state index in [1.807, 2.05) is 0 Å². The number of benzene rings is 1. The van der Waals surface area contributed by atoms with Crippen LogP contribution in [-0.2, 0) is 17.4 Å². The third kappa shape index (κ3) is 3.05. The average Bonchev–Trinajstić information content (AvgIpc) is 2.24. The molecule has 18 heavy (non-hydrogen) atoms. The first-order valence-electron chi connectivity index (χ1n) is 6.44. The Balaban J connectivity index is 3.52. The fraction of sp³-hybridized carbons (Fsp3) is 0.625. The molecule has 0 amide bonds. The molecule has 0 unspecified atom stereocenters. The van der Waals surface area contributed by atoms with Crippen LogP contribution >= 0.6 is 0 Å². The minimum absolute atomic E-state index is 0.00174. The summed E-state index contributed by atoms with van der Waals surface area (Å²) >= 11 is 0. The molecule has 2 nitrogen and oxygen atoms in total. The molecule has 0 aliphatic heterocycles. The quantitative estimate of drug-likeness (QED) is 0.865. The van der Waals surface area contributed by atoms with Gasteiger partial charge >= 0.3 is 0 Å². The second-order valence-corrected chi connectivity index (χ2v) is 6.87. The van der Waals surface area contributed by atoms with Crippen LogP contribution in [0.3, 0.4) is 0 Å². The van der Waals surface area contributed by atoms with Crippen LogP contribution in [0.2, 0.25) is 0 Å². The Kier molecular flexibility index (Phi) is 4.12. The average molecular weight is 250 g/mol. The minimum atomic E-state index is 0.00174. The van der Waals surface area contributed by atoms with Gasteiger partial charge in [-0.3, -0.25) is 0 Å². The lowest BCUT2D eigenvalue weighted by Crippen LogP contribution is -2.19. The fourth-order valence-electron chi connectivity index (χ4n) is 2.21. The summed E-state index contributed by atoms with van der Waals surface area (Å²) in [6.45, 7) is 13.0. The van der Waals surface area contributed by atoms with Gasteiger partial charge in [0.2, 0.25) is 0 Å². The topological polar surface area (TPSA) is 29.5 Å². The van der Waals surface area contributed by atoms with Gasteiger partial charge in [-0.2, -0.15) is 0 Å². The SMILES string of the molecule is COc1cc(C(C)(C)C)c(CO)cc1C(C)(C)C. The van der Waals surface area contributed by atoms with Gasteiger partial charge in [-0.1, -0.05) is 41.5 Å². The second-order valence-electron chi connectivity index (χ2n) is 6.87. The van der Waals surface area contributed by atoms with Crippen LogP contribution in [0.25, 0.3) is 0 Å². The number of ether oxygens (including phenoxy) is 1. The molecule has 0 atom stereocenters. The maximum atomic E-state index is 9.59. The van der Waals surface area contributed by atoms with Gasteiger partial charge in [-0.25, -0.2) is 0 Å². The van der Waals surface area contributed by atoms with Crippen LogP contribution in [0.4, 0.5) is 0 Å². The molecule has 0 aromatic heterocycles. The van der Waals surface area contributed by atoms with E-state index in [9.17, 15) is 5.11 Å². The molecule has 0 bridgehead atoms. The molecular formula is C16H26O2. The molecule has 0 saturated carbocycles. The number of hydrogen-bond acceptors (Lipinski definition) is 2. The summed E-state index contributed by atoms with van der Waals surface area (Å²) in [5.74, 6) is 0.907. The van der Waals surface area contributed by atoms with Gasteiger partial charge in [0, 0.05) is 0 Å². The van der Waals surface area contributed by atoms with Crippen LogP contribution in [0, 0.1) is 0 Å². The highest BCUT2D eigenvalue weighted by Crippen LogP contribution is 2.37. The summed E-state index contributed by atoms with van der Waals surface area (Å²) < 4.78 is 5.53. The van der Waals surface area contributed by atoms with Crippen molar-refractivity contribution in [3.63, 3.8) is 0 Å². The van der Waals surface area contributed by atoms with Gasteiger partial charge in [-0.05, 0) is 39.7 Å². The van der Waals surface area contributed by atoms with E-state index >= 15 is 0 Å². The van der Waals surface area contributed by atoms with Gasteiger partial charge in [0.25, 0.3) is 0 Å². The maximum absolute atomic E-state index is 9.59. The molecule has 0 heterocycles. The Morgan fingerprint density at radius 2 is 1.44 bits per heavy atom. The molecule has 0 fully saturated rings. The monoisotopic (exact) mass is 250 g/mol. The highest BCUT2D eigenvalue weighted by atomic mass is 16.5. The summed E-state index contributed by atoms with van der Waals surface area (Å²) in [7, 11) is 1.70. The smallest absolute Gasteiger partial charge is 0.122 e. The summed E-state index contributed by atoms with van der Waals surface area (Å²) in [5, 5.41) is 9.59. The predicted octanol–water partition coefficient (Wildman–Crippen LogP) is 3.78. The molecule has 102 valence electrons. The van der Waals surface area contributed by atoms with E-state index in [1.165, 1.54) is 0 Å². The molecule has 0 aliphatic carbocycles. The molecule has 0 spiro atoms. The Bertz CT molecular complexity index is 378. The van der Waals surface area contributed by atoms with E-state index < -0.39 is 0 Å². The first-order valence-corrected chi connectivity index (χ1v) is 6.44. The van der Waals surface area contributed by atoms with Gasteiger partial charge in [-0.15, -0.1) is 0 Å². The van der Waals surface area contributed by atoms with Crippen LogP contribution in [-0.4, -0.2) is 12.2 Å².